The maximum Gasteiger partial charge on any atom is 0.269 e. The third kappa shape index (κ3) is 5.23. The van der Waals surface area contributed by atoms with Gasteiger partial charge in [0.15, 0.2) is 0 Å². The molecule has 118 valence electrons. The Kier molecular flexibility index (Phi) is 5.87. The molecule has 0 radical (unpaired) electrons. The summed E-state index contributed by atoms with van der Waals surface area (Å²) < 4.78 is 0. The van der Waals surface area contributed by atoms with Crippen LogP contribution in [-0.4, -0.2) is 22.3 Å². The standard InChI is InChI=1S/C16H15N3O3S/c1-12(23-15-5-3-2-4-6-15)16(20)18-17-11-13-7-9-14(10-8-13)19(21)22/h2-12H,1H3,(H,18,20)/b17-11-/t12-/m0/s1. The lowest BCUT2D eigenvalue weighted by Gasteiger charge is -2.08. The molecule has 7 heteroatoms. The molecule has 1 N–H and O–H groups in total. The van der Waals surface area contributed by atoms with E-state index in [0.717, 1.165) is 4.90 Å². The van der Waals surface area contributed by atoms with Gasteiger partial charge in [0.05, 0.1) is 16.4 Å². The molecule has 2 aromatic rings. The SMILES string of the molecule is C[C@H](Sc1ccccc1)C(=O)N/N=C\c1ccc([N+](=O)[O-])cc1. The van der Waals surface area contributed by atoms with Crippen molar-refractivity contribution in [3.8, 4) is 0 Å². The summed E-state index contributed by atoms with van der Waals surface area (Å²) in [5, 5.41) is 14.1. The highest BCUT2D eigenvalue weighted by Gasteiger charge is 2.13. The number of nitro benzene ring substituents is 1. The van der Waals surface area contributed by atoms with Crippen molar-refractivity contribution in [2.75, 3.05) is 0 Å². The largest absolute Gasteiger partial charge is 0.272 e. The second-order valence-electron chi connectivity index (χ2n) is 4.66. The molecular weight excluding hydrogens is 314 g/mol. The number of carbonyl (C=O) groups excluding carboxylic acids is 1. The number of rotatable bonds is 6. The van der Waals surface area contributed by atoms with E-state index in [0.29, 0.717) is 5.56 Å². The molecule has 0 aliphatic heterocycles. The van der Waals surface area contributed by atoms with E-state index in [4.69, 9.17) is 0 Å². The minimum atomic E-state index is -0.467. The van der Waals surface area contributed by atoms with Crippen LogP contribution in [0.4, 0.5) is 5.69 Å². The minimum absolute atomic E-state index is 0.0130. The van der Waals surface area contributed by atoms with Crippen molar-refractivity contribution in [3.63, 3.8) is 0 Å². The highest BCUT2D eigenvalue weighted by Crippen LogP contribution is 2.22. The van der Waals surface area contributed by atoms with Crippen molar-refractivity contribution in [3.05, 3.63) is 70.3 Å². The maximum absolute atomic E-state index is 11.9. The zero-order valence-electron chi connectivity index (χ0n) is 12.4. The van der Waals surface area contributed by atoms with Crippen LogP contribution in [0.5, 0.6) is 0 Å². The first kappa shape index (κ1) is 16.7. The van der Waals surface area contributed by atoms with Gasteiger partial charge in [-0.25, -0.2) is 5.43 Å². The molecule has 2 rings (SSSR count). The fraction of sp³-hybridized carbons (Fsp3) is 0.125. The average molecular weight is 329 g/mol. The first-order chi connectivity index (χ1) is 11.1. The molecule has 0 fully saturated rings. The molecule has 0 unspecified atom stereocenters. The van der Waals surface area contributed by atoms with Crippen molar-refractivity contribution in [1.82, 2.24) is 5.43 Å². The molecule has 1 atom stereocenters. The van der Waals surface area contributed by atoms with Gasteiger partial charge in [-0.3, -0.25) is 14.9 Å². The van der Waals surface area contributed by atoms with Crippen molar-refractivity contribution < 1.29 is 9.72 Å². The van der Waals surface area contributed by atoms with Crippen LogP contribution in [0.2, 0.25) is 0 Å². The minimum Gasteiger partial charge on any atom is -0.272 e. The van der Waals surface area contributed by atoms with Crippen molar-refractivity contribution >= 4 is 29.6 Å². The summed E-state index contributed by atoms with van der Waals surface area (Å²) >= 11 is 1.44. The number of benzene rings is 2. The van der Waals surface area contributed by atoms with Gasteiger partial charge < -0.3 is 0 Å². The molecular formula is C16H15N3O3S. The third-order valence-electron chi connectivity index (χ3n) is 2.92. The van der Waals surface area contributed by atoms with E-state index in [1.54, 1.807) is 19.1 Å². The van der Waals surface area contributed by atoms with Crippen LogP contribution in [-0.2, 0) is 4.79 Å². The number of non-ortho nitro benzene ring substituents is 1. The zero-order chi connectivity index (χ0) is 16.7. The fourth-order valence-corrected chi connectivity index (χ4v) is 2.58. The Hall–Kier alpha value is -2.67. The molecule has 0 aliphatic rings. The zero-order valence-corrected chi connectivity index (χ0v) is 13.2. The smallest absolute Gasteiger partial charge is 0.269 e. The summed E-state index contributed by atoms with van der Waals surface area (Å²) in [4.78, 5) is 23.0. The van der Waals surface area contributed by atoms with Crippen LogP contribution in [0.3, 0.4) is 0 Å². The summed E-state index contributed by atoms with van der Waals surface area (Å²) in [7, 11) is 0. The lowest BCUT2D eigenvalue weighted by atomic mass is 10.2. The van der Waals surface area contributed by atoms with E-state index in [9.17, 15) is 14.9 Å². The summed E-state index contributed by atoms with van der Waals surface area (Å²) in [6, 6.07) is 15.5. The number of nitrogens with one attached hydrogen (secondary N) is 1. The highest BCUT2D eigenvalue weighted by atomic mass is 32.2. The molecule has 0 saturated heterocycles. The molecule has 0 heterocycles. The Balaban J connectivity index is 1.86. The Bertz CT molecular complexity index is 702. The number of hydrazone groups is 1. The Labute approximate surface area is 137 Å². The number of hydrogen-bond donors (Lipinski definition) is 1. The number of hydrogen-bond acceptors (Lipinski definition) is 5. The number of carbonyl (C=O) groups is 1. The summed E-state index contributed by atoms with van der Waals surface area (Å²) in [5.41, 5.74) is 3.14. The van der Waals surface area contributed by atoms with Gasteiger partial charge in [0.25, 0.3) is 11.6 Å². The third-order valence-corrected chi connectivity index (χ3v) is 4.03. The van der Waals surface area contributed by atoms with Crippen molar-refractivity contribution in [2.24, 2.45) is 5.10 Å². The lowest BCUT2D eigenvalue weighted by Crippen LogP contribution is -2.26. The monoisotopic (exact) mass is 329 g/mol. The predicted molar refractivity (Wildman–Crippen MR) is 90.6 cm³/mol. The van der Waals surface area contributed by atoms with Crippen LogP contribution >= 0.6 is 11.8 Å². The number of nitro groups is 1. The van der Waals surface area contributed by atoms with E-state index < -0.39 is 4.92 Å². The second-order valence-corrected chi connectivity index (χ2v) is 6.07. The summed E-state index contributed by atoms with van der Waals surface area (Å²) in [6.45, 7) is 1.80. The predicted octanol–water partition coefficient (Wildman–Crippen LogP) is 3.23. The van der Waals surface area contributed by atoms with Gasteiger partial charge in [0, 0.05) is 17.0 Å². The molecule has 0 bridgehead atoms. The lowest BCUT2D eigenvalue weighted by molar-refractivity contribution is -0.384. The maximum atomic E-state index is 11.9. The second kappa shape index (κ2) is 8.09. The van der Waals surface area contributed by atoms with Gasteiger partial charge >= 0.3 is 0 Å². The first-order valence-corrected chi connectivity index (χ1v) is 7.73. The fourth-order valence-electron chi connectivity index (χ4n) is 1.70. The van der Waals surface area contributed by atoms with E-state index in [-0.39, 0.29) is 16.8 Å². The van der Waals surface area contributed by atoms with Gasteiger partial charge in [-0.15, -0.1) is 11.8 Å². The molecule has 2 aromatic carbocycles. The van der Waals surface area contributed by atoms with Crippen LogP contribution in [0, 0.1) is 10.1 Å². The Morgan fingerprint density at radius 2 is 1.87 bits per heavy atom. The first-order valence-electron chi connectivity index (χ1n) is 6.85. The van der Waals surface area contributed by atoms with Crippen LogP contribution in [0.1, 0.15) is 12.5 Å². The van der Waals surface area contributed by atoms with Gasteiger partial charge in [0.1, 0.15) is 0 Å². The molecule has 6 nitrogen and oxygen atoms in total. The summed E-state index contributed by atoms with van der Waals surface area (Å²) in [5.74, 6) is -0.211. The van der Waals surface area contributed by atoms with Crippen LogP contribution in [0.15, 0.2) is 64.6 Å². The molecule has 23 heavy (non-hydrogen) atoms. The van der Waals surface area contributed by atoms with Gasteiger partial charge in [-0.05, 0) is 36.8 Å². The topological polar surface area (TPSA) is 84.6 Å². The van der Waals surface area contributed by atoms with E-state index >= 15 is 0 Å². The molecule has 0 saturated carbocycles. The van der Waals surface area contributed by atoms with Gasteiger partial charge in [0.2, 0.25) is 0 Å². The quantitative estimate of drug-likeness (QED) is 0.382. The van der Waals surface area contributed by atoms with E-state index in [1.807, 2.05) is 30.3 Å². The number of thioether (sulfide) groups is 1. The Morgan fingerprint density at radius 1 is 1.22 bits per heavy atom. The van der Waals surface area contributed by atoms with E-state index in [2.05, 4.69) is 10.5 Å². The normalized spacial score (nSPS) is 12.0. The van der Waals surface area contributed by atoms with E-state index in [1.165, 1.54) is 30.1 Å². The van der Waals surface area contributed by atoms with Gasteiger partial charge in [-0.1, -0.05) is 18.2 Å². The van der Waals surface area contributed by atoms with Crippen molar-refractivity contribution in [2.45, 2.75) is 17.1 Å². The van der Waals surface area contributed by atoms with Crippen LogP contribution < -0.4 is 5.43 Å². The Morgan fingerprint density at radius 3 is 2.48 bits per heavy atom. The van der Waals surface area contributed by atoms with Gasteiger partial charge in [-0.2, -0.15) is 5.10 Å². The summed E-state index contributed by atoms with van der Waals surface area (Å²) in [6.07, 6.45) is 1.45. The average Bonchev–Trinajstić information content (AvgIpc) is 2.56. The molecule has 0 aliphatic carbocycles. The highest BCUT2D eigenvalue weighted by molar-refractivity contribution is 8.00. The molecule has 0 aromatic heterocycles. The van der Waals surface area contributed by atoms with Crippen LogP contribution in [0.25, 0.3) is 0 Å². The van der Waals surface area contributed by atoms with Crippen molar-refractivity contribution in [1.29, 1.82) is 0 Å². The number of amides is 1. The molecule has 0 spiro atoms. The molecule has 1 amide bonds. The number of nitrogens with zero attached hydrogens (tertiary/aromatic N) is 2.